The van der Waals surface area contributed by atoms with Crippen molar-refractivity contribution in [2.75, 3.05) is 13.2 Å². The Kier molecular flexibility index (Phi) is 3.61. The Morgan fingerprint density at radius 3 is 2.75 bits per heavy atom. The molecule has 1 aromatic carbocycles. The SMILES string of the molecule is O=C(c1ccc(Br)cc1)N1CCC[C@@H]1CO. The van der Waals surface area contributed by atoms with Gasteiger partial charge in [-0.05, 0) is 37.1 Å². The number of aliphatic hydroxyl groups excluding tert-OH is 1. The van der Waals surface area contributed by atoms with E-state index in [4.69, 9.17) is 0 Å². The van der Waals surface area contributed by atoms with Crippen LogP contribution < -0.4 is 0 Å². The first-order valence-electron chi connectivity index (χ1n) is 5.40. The van der Waals surface area contributed by atoms with E-state index in [2.05, 4.69) is 15.9 Å². The molecule has 1 atom stereocenters. The highest BCUT2D eigenvalue weighted by molar-refractivity contribution is 9.10. The molecular weight excluding hydrogens is 270 g/mol. The normalized spacial score (nSPS) is 20.1. The number of carbonyl (C=O) groups is 1. The fourth-order valence-corrected chi connectivity index (χ4v) is 2.32. The van der Waals surface area contributed by atoms with Crippen LogP contribution in [0.4, 0.5) is 0 Å². The first-order valence-corrected chi connectivity index (χ1v) is 6.19. The molecule has 1 heterocycles. The van der Waals surface area contributed by atoms with Gasteiger partial charge in [-0.1, -0.05) is 15.9 Å². The first kappa shape index (κ1) is 11.6. The minimum atomic E-state index is -0.00357. The lowest BCUT2D eigenvalue weighted by atomic mass is 10.2. The molecule has 1 amide bonds. The number of likely N-dealkylation sites (tertiary alicyclic amines) is 1. The molecule has 0 spiro atoms. The van der Waals surface area contributed by atoms with Crippen molar-refractivity contribution in [2.45, 2.75) is 18.9 Å². The molecule has 1 N–H and O–H groups in total. The summed E-state index contributed by atoms with van der Waals surface area (Å²) in [4.78, 5) is 13.9. The molecule has 4 heteroatoms. The summed E-state index contributed by atoms with van der Waals surface area (Å²) < 4.78 is 0.962. The third-order valence-electron chi connectivity index (χ3n) is 2.94. The van der Waals surface area contributed by atoms with Crippen molar-refractivity contribution >= 4 is 21.8 Å². The molecule has 1 fully saturated rings. The lowest BCUT2D eigenvalue weighted by Gasteiger charge is -2.23. The van der Waals surface area contributed by atoms with Crippen LogP contribution in [0.25, 0.3) is 0 Å². The van der Waals surface area contributed by atoms with Crippen molar-refractivity contribution in [3.8, 4) is 0 Å². The quantitative estimate of drug-likeness (QED) is 0.903. The predicted molar refractivity (Wildman–Crippen MR) is 65.3 cm³/mol. The van der Waals surface area contributed by atoms with E-state index in [-0.39, 0.29) is 18.6 Å². The summed E-state index contributed by atoms with van der Waals surface area (Å²) in [5.41, 5.74) is 0.684. The highest BCUT2D eigenvalue weighted by Crippen LogP contribution is 2.20. The minimum Gasteiger partial charge on any atom is -0.394 e. The van der Waals surface area contributed by atoms with Gasteiger partial charge in [0.2, 0.25) is 0 Å². The second kappa shape index (κ2) is 4.97. The van der Waals surface area contributed by atoms with Crippen LogP contribution in [0.2, 0.25) is 0 Å². The van der Waals surface area contributed by atoms with Crippen LogP contribution in [0, 0.1) is 0 Å². The maximum Gasteiger partial charge on any atom is 0.254 e. The van der Waals surface area contributed by atoms with E-state index in [9.17, 15) is 9.90 Å². The van der Waals surface area contributed by atoms with Crippen molar-refractivity contribution < 1.29 is 9.90 Å². The molecule has 1 aromatic rings. The van der Waals surface area contributed by atoms with Gasteiger partial charge in [0.05, 0.1) is 12.6 Å². The smallest absolute Gasteiger partial charge is 0.254 e. The van der Waals surface area contributed by atoms with E-state index < -0.39 is 0 Å². The number of hydrogen-bond donors (Lipinski definition) is 1. The number of halogens is 1. The van der Waals surface area contributed by atoms with Crippen molar-refractivity contribution in [3.05, 3.63) is 34.3 Å². The second-order valence-electron chi connectivity index (χ2n) is 3.98. The largest absolute Gasteiger partial charge is 0.394 e. The van der Waals surface area contributed by atoms with Gasteiger partial charge in [0.15, 0.2) is 0 Å². The van der Waals surface area contributed by atoms with Crippen LogP contribution in [-0.2, 0) is 0 Å². The molecule has 0 saturated carbocycles. The topological polar surface area (TPSA) is 40.5 Å². The summed E-state index contributed by atoms with van der Waals surface area (Å²) in [6.45, 7) is 0.808. The van der Waals surface area contributed by atoms with Crippen LogP contribution in [0.1, 0.15) is 23.2 Å². The molecule has 0 bridgehead atoms. The summed E-state index contributed by atoms with van der Waals surface area (Å²) >= 11 is 3.34. The fourth-order valence-electron chi connectivity index (χ4n) is 2.05. The lowest BCUT2D eigenvalue weighted by molar-refractivity contribution is 0.0677. The molecule has 16 heavy (non-hydrogen) atoms. The fraction of sp³-hybridized carbons (Fsp3) is 0.417. The molecule has 1 aliphatic heterocycles. The molecule has 1 saturated heterocycles. The summed E-state index contributed by atoms with van der Waals surface area (Å²) in [5, 5.41) is 9.17. The zero-order chi connectivity index (χ0) is 11.5. The number of rotatable bonds is 2. The average molecular weight is 284 g/mol. The maximum absolute atomic E-state index is 12.1. The molecule has 1 aliphatic rings. The third-order valence-corrected chi connectivity index (χ3v) is 3.47. The number of benzene rings is 1. The van der Waals surface area contributed by atoms with Crippen molar-refractivity contribution in [1.29, 1.82) is 0 Å². The first-order chi connectivity index (χ1) is 7.72. The molecule has 0 radical (unpaired) electrons. The average Bonchev–Trinajstić information content (AvgIpc) is 2.77. The molecule has 0 aromatic heterocycles. The summed E-state index contributed by atoms with van der Waals surface area (Å²) in [7, 11) is 0. The number of carbonyl (C=O) groups excluding carboxylic acids is 1. The van der Waals surface area contributed by atoms with Crippen molar-refractivity contribution in [1.82, 2.24) is 4.90 Å². The Balaban J connectivity index is 2.15. The minimum absolute atomic E-state index is 0.00357. The van der Waals surface area contributed by atoms with Crippen LogP contribution in [0.5, 0.6) is 0 Å². The van der Waals surface area contributed by atoms with E-state index in [0.29, 0.717) is 5.56 Å². The van der Waals surface area contributed by atoms with E-state index in [1.807, 2.05) is 12.1 Å². The molecule has 0 aliphatic carbocycles. The van der Waals surface area contributed by atoms with Crippen LogP contribution >= 0.6 is 15.9 Å². The van der Waals surface area contributed by atoms with Gasteiger partial charge in [0.25, 0.3) is 5.91 Å². The molecule has 3 nitrogen and oxygen atoms in total. The van der Waals surface area contributed by atoms with Crippen molar-refractivity contribution in [3.63, 3.8) is 0 Å². The number of aliphatic hydroxyl groups is 1. The summed E-state index contributed by atoms with van der Waals surface area (Å²) in [6.07, 6.45) is 1.88. The van der Waals surface area contributed by atoms with E-state index >= 15 is 0 Å². The molecule has 0 unspecified atom stereocenters. The highest BCUT2D eigenvalue weighted by Gasteiger charge is 2.28. The zero-order valence-electron chi connectivity index (χ0n) is 8.90. The Labute approximate surface area is 103 Å². The number of amides is 1. The van der Waals surface area contributed by atoms with Gasteiger partial charge in [-0.3, -0.25) is 4.79 Å². The van der Waals surface area contributed by atoms with Gasteiger partial charge in [0, 0.05) is 16.6 Å². The van der Waals surface area contributed by atoms with Crippen molar-refractivity contribution in [2.24, 2.45) is 0 Å². The summed E-state index contributed by atoms with van der Waals surface area (Å²) in [6, 6.07) is 7.32. The van der Waals surface area contributed by atoms with E-state index in [1.54, 1.807) is 17.0 Å². The van der Waals surface area contributed by atoms with E-state index in [1.165, 1.54) is 0 Å². The Morgan fingerprint density at radius 2 is 2.12 bits per heavy atom. The monoisotopic (exact) mass is 283 g/mol. The predicted octanol–water partition coefficient (Wildman–Crippen LogP) is 2.05. The number of hydrogen-bond acceptors (Lipinski definition) is 2. The Bertz CT molecular complexity index is 377. The van der Waals surface area contributed by atoms with Gasteiger partial charge in [0.1, 0.15) is 0 Å². The van der Waals surface area contributed by atoms with Gasteiger partial charge in [-0.2, -0.15) is 0 Å². The van der Waals surface area contributed by atoms with Gasteiger partial charge in [-0.25, -0.2) is 0 Å². The van der Waals surface area contributed by atoms with Crippen LogP contribution in [-0.4, -0.2) is 35.1 Å². The maximum atomic E-state index is 12.1. The lowest BCUT2D eigenvalue weighted by Crippen LogP contribution is -2.37. The van der Waals surface area contributed by atoms with Crippen LogP contribution in [0.3, 0.4) is 0 Å². The molecule has 2 rings (SSSR count). The standard InChI is InChI=1S/C12H14BrNO2/c13-10-5-3-9(4-6-10)12(16)14-7-1-2-11(14)8-15/h3-6,11,15H,1-2,7-8H2/t11-/m1/s1. The summed E-state index contributed by atoms with van der Waals surface area (Å²) in [5.74, 6) is 0.0176. The van der Waals surface area contributed by atoms with Gasteiger partial charge < -0.3 is 10.0 Å². The highest BCUT2D eigenvalue weighted by atomic mass is 79.9. The van der Waals surface area contributed by atoms with Gasteiger partial charge >= 0.3 is 0 Å². The third kappa shape index (κ3) is 2.28. The Morgan fingerprint density at radius 1 is 1.44 bits per heavy atom. The van der Waals surface area contributed by atoms with Crippen LogP contribution in [0.15, 0.2) is 28.7 Å². The Hall–Kier alpha value is -0.870. The second-order valence-corrected chi connectivity index (χ2v) is 4.90. The van der Waals surface area contributed by atoms with E-state index in [0.717, 1.165) is 23.9 Å². The molecule has 86 valence electrons. The molecular formula is C12H14BrNO2. The number of nitrogens with zero attached hydrogens (tertiary/aromatic N) is 1. The van der Waals surface area contributed by atoms with Gasteiger partial charge in [-0.15, -0.1) is 0 Å². The zero-order valence-corrected chi connectivity index (χ0v) is 10.5.